The summed E-state index contributed by atoms with van der Waals surface area (Å²) in [5.74, 6) is 0.425. The molecule has 0 spiro atoms. The first-order valence-corrected chi connectivity index (χ1v) is 9.66. The molecular weight excluding hydrogens is 298 g/mol. The standard InChI is InChI=1S/C16H23N3O2S/c17-22(20,21)19-8-3-5-13-11-18-9-7-12-4-1-2-6-14(12)16(18)10-15(13)19/h1-2,4,6,13,15-16H,3,5,7-11H2,(H2,17,20,21). The molecule has 2 fully saturated rings. The Morgan fingerprint density at radius 3 is 2.82 bits per heavy atom. The van der Waals surface area contributed by atoms with Crippen LogP contribution in [0.15, 0.2) is 24.3 Å². The molecule has 22 heavy (non-hydrogen) atoms. The molecule has 2 saturated heterocycles. The number of nitrogens with zero attached hydrogens (tertiary/aromatic N) is 2. The van der Waals surface area contributed by atoms with E-state index in [1.165, 1.54) is 11.1 Å². The Balaban J connectivity index is 1.67. The van der Waals surface area contributed by atoms with Crippen LogP contribution in [0.5, 0.6) is 0 Å². The zero-order valence-electron chi connectivity index (χ0n) is 12.7. The van der Waals surface area contributed by atoms with Crippen molar-refractivity contribution in [2.24, 2.45) is 11.1 Å². The van der Waals surface area contributed by atoms with Gasteiger partial charge in [-0.1, -0.05) is 24.3 Å². The summed E-state index contributed by atoms with van der Waals surface area (Å²) in [7, 11) is -3.60. The summed E-state index contributed by atoms with van der Waals surface area (Å²) in [5, 5.41) is 5.46. The third-order valence-electron chi connectivity index (χ3n) is 5.65. The first-order valence-electron chi connectivity index (χ1n) is 8.15. The summed E-state index contributed by atoms with van der Waals surface area (Å²) in [4.78, 5) is 2.55. The van der Waals surface area contributed by atoms with Crippen molar-refractivity contribution < 1.29 is 8.42 Å². The van der Waals surface area contributed by atoms with Gasteiger partial charge in [0.05, 0.1) is 0 Å². The molecule has 3 aliphatic heterocycles. The lowest BCUT2D eigenvalue weighted by Gasteiger charge is -2.51. The predicted octanol–water partition coefficient (Wildman–Crippen LogP) is 1.27. The number of nitrogens with two attached hydrogens (primary N) is 1. The van der Waals surface area contributed by atoms with Gasteiger partial charge in [-0.25, -0.2) is 5.14 Å². The maximum absolute atomic E-state index is 11.9. The van der Waals surface area contributed by atoms with Gasteiger partial charge in [0.1, 0.15) is 0 Å². The first kappa shape index (κ1) is 14.6. The minimum absolute atomic E-state index is 0.0659. The van der Waals surface area contributed by atoms with Gasteiger partial charge in [0.2, 0.25) is 0 Å². The Hall–Kier alpha value is -0.950. The predicted molar refractivity (Wildman–Crippen MR) is 85.4 cm³/mol. The second kappa shape index (κ2) is 5.30. The number of fused-ring (bicyclic) bond motifs is 4. The molecular formula is C16H23N3O2S. The van der Waals surface area contributed by atoms with Gasteiger partial charge >= 0.3 is 0 Å². The van der Waals surface area contributed by atoms with Crippen molar-refractivity contribution in [3.8, 4) is 0 Å². The fraction of sp³-hybridized carbons (Fsp3) is 0.625. The Kier molecular flexibility index (Phi) is 3.52. The molecule has 0 amide bonds. The first-order chi connectivity index (χ1) is 10.5. The van der Waals surface area contributed by atoms with Crippen LogP contribution in [0.25, 0.3) is 0 Å². The van der Waals surface area contributed by atoms with E-state index in [4.69, 9.17) is 5.14 Å². The second-order valence-corrected chi connectivity index (χ2v) is 8.32. The summed E-state index contributed by atoms with van der Waals surface area (Å²) >= 11 is 0. The van der Waals surface area contributed by atoms with E-state index in [0.29, 0.717) is 18.5 Å². The van der Waals surface area contributed by atoms with Crippen LogP contribution in [0, 0.1) is 5.92 Å². The highest BCUT2D eigenvalue weighted by molar-refractivity contribution is 7.86. The zero-order chi connectivity index (χ0) is 15.3. The number of hydrogen-bond donors (Lipinski definition) is 1. The molecule has 5 nitrogen and oxygen atoms in total. The molecule has 0 radical (unpaired) electrons. The molecule has 4 rings (SSSR count). The Labute approximate surface area is 132 Å². The molecule has 1 aromatic carbocycles. The molecule has 3 atom stereocenters. The van der Waals surface area contributed by atoms with Gasteiger partial charge in [0, 0.05) is 31.7 Å². The van der Waals surface area contributed by atoms with E-state index in [1.54, 1.807) is 4.31 Å². The van der Waals surface area contributed by atoms with Gasteiger partial charge in [-0.2, -0.15) is 12.7 Å². The van der Waals surface area contributed by atoms with Crippen LogP contribution in [0.4, 0.5) is 0 Å². The van der Waals surface area contributed by atoms with Crippen LogP contribution in [-0.2, 0) is 16.6 Å². The van der Waals surface area contributed by atoms with Gasteiger partial charge in [0.25, 0.3) is 10.2 Å². The largest absolute Gasteiger partial charge is 0.296 e. The third-order valence-corrected chi connectivity index (χ3v) is 6.76. The smallest absolute Gasteiger partial charge is 0.277 e. The molecule has 3 aliphatic rings. The van der Waals surface area contributed by atoms with Crippen LogP contribution in [-0.4, -0.2) is 43.3 Å². The van der Waals surface area contributed by atoms with Gasteiger partial charge in [0.15, 0.2) is 0 Å². The number of hydrogen-bond acceptors (Lipinski definition) is 3. The minimum Gasteiger partial charge on any atom is -0.296 e. The van der Waals surface area contributed by atoms with Crippen molar-refractivity contribution in [2.45, 2.75) is 37.8 Å². The van der Waals surface area contributed by atoms with Crippen LogP contribution >= 0.6 is 0 Å². The summed E-state index contributed by atoms with van der Waals surface area (Å²) in [6, 6.07) is 9.00. The second-order valence-electron chi connectivity index (χ2n) is 6.82. The Bertz CT molecular complexity index is 676. The number of piperidine rings is 2. The lowest BCUT2D eigenvalue weighted by Crippen LogP contribution is -2.58. The summed E-state index contributed by atoms with van der Waals surface area (Å²) in [6.07, 6.45) is 4.01. The van der Waals surface area contributed by atoms with Crippen LogP contribution in [0.3, 0.4) is 0 Å². The highest BCUT2D eigenvalue weighted by Gasteiger charge is 2.45. The summed E-state index contributed by atoms with van der Waals surface area (Å²) in [5.41, 5.74) is 2.80. The quantitative estimate of drug-likeness (QED) is 0.847. The lowest BCUT2D eigenvalue weighted by atomic mass is 9.77. The van der Waals surface area contributed by atoms with Crippen molar-refractivity contribution in [2.75, 3.05) is 19.6 Å². The molecule has 2 N–H and O–H groups in total. The van der Waals surface area contributed by atoms with E-state index < -0.39 is 10.2 Å². The van der Waals surface area contributed by atoms with E-state index in [0.717, 1.165) is 38.8 Å². The fourth-order valence-corrected chi connectivity index (χ4v) is 5.69. The zero-order valence-corrected chi connectivity index (χ0v) is 13.5. The molecule has 3 heterocycles. The third kappa shape index (κ3) is 2.38. The molecule has 0 bridgehead atoms. The number of benzene rings is 1. The fourth-order valence-electron chi connectivity index (χ4n) is 4.67. The average molecular weight is 321 g/mol. The average Bonchev–Trinajstić information content (AvgIpc) is 2.51. The van der Waals surface area contributed by atoms with Crippen LogP contribution < -0.4 is 5.14 Å². The van der Waals surface area contributed by atoms with Gasteiger partial charge in [-0.05, 0) is 42.7 Å². The normalized spacial score (nSPS) is 32.9. The Morgan fingerprint density at radius 2 is 2.00 bits per heavy atom. The summed E-state index contributed by atoms with van der Waals surface area (Å²) in [6.45, 7) is 2.66. The van der Waals surface area contributed by atoms with E-state index in [2.05, 4.69) is 29.2 Å². The van der Waals surface area contributed by atoms with Crippen molar-refractivity contribution in [1.29, 1.82) is 0 Å². The minimum atomic E-state index is -3.60. The molecule has 0 aliphatic carbocycles. The van der Waals surface area contributed by atoms with Crippen molar-refractivity contribution in [1.82, 2.24) is 9.21 Å². The molecule has 0 saturated carbocycles. The monoisotopic (exact) mass is 321 g/mol. The highest BCUT2D eigenvalue weighted by atomic mass is 32.2. The van der Waals surface area contributed by atoms with Gasteiger partial charge in [-0.15, -0.1) is 0 Å². The number of rotatable bonds is 1. The van der Waals surface area contributed by atoms with Gasteiger partial charge < -0.3 is 0 Å². The Morgan fingerprint density at radius 1 is 1.18 bits per heavy atom. The van der Waals surface area contributed by atoms with Gasteiger partial charge in [-0.3, -0.25) is 4.90 Å². The maximum Gasteiger partial charge on any atom is 0.277 e. The van der Waals surface area contributed by atoms with Crippen molar-refractivity contribution in [3.05, 3.63) is 35.4 Å². The van der Waals surface area contributed by atoms with Crippen LogP contribution in [0.1, 0.15) is 36.4 Å². The van der Waals surface area contributed by atoms with Crippen molar-refractivity contribution >= 4 is 10.2 Å². The van der Waals surface area contributed by atoms with E-state index in [1.807, 2.05) is 0 Å². The summed E-state index contributed by atoms with van der Waals surface area (Å²) < 4.78 is 25.4. The van der Waals surface area contributed by atoms with Crippen molar-refractivity contribution in [3.63, 3.8) is 0 Å². The SMILES string of the molecule is NS(=O)(=O)N1CCCC2CN3CCc4ccccc4C3CC21. The van der Waals surface area contributed by atoms with E-state index >= 15 is 0 Å². The lowest BCUT2D eigenvalue weighted by molar-refractivity contribution is 0.0220. The van der Waals surface area contributed by atoms with Crippen LogP contribution in [0.2, 0.25) is 0 Å². The molecule has 1 aromatic rings. The van der Waals surface area contributed by atoms with E-state index in [9.17, 15) is 8.42 Å². The highest BCUT2D eigenvalue weighted by Crippen LogP contribution is 2.43. The molecule has 3 unspecified atom stereocenters. The van der Waals surface area contributed by atoms with E-state index in [-0.39, 0.29) is 6.04 Å². The molecule has 6 heteroatoms. The topological polar surface area (TPSA) is 66.6 Å². The molecule has 0 aromatic heterocycles. The molecule has 120 valence electrons. The maximum atomic E-state index is 11.9.